The maximum absolute atomic E-state index is 12.1. The number of likely N-dealkylation sites (N-methyl/N-ethyl adjacent to an activating group) is 1. The monoisotopic (exact) mass is 304 g/mol. The summed E-state index contributed by atoms with van der Waals surface area (Å²) >= 11 is 0. The van der Waals surface area contributed by atoms with Crippen LogP contribution in [0.1, 0.15) is 18.9 Å². The lowest BCUT2D eigenvalue weighted by atomic mass is 10.2. The molecule has 3 nitrogen and oxygen atoms in total. The number of nitrogens with one attached hydrogen (secondary N) is 1. The van der Waals surface area contributed by atoms with E-state index in [9.17, 15) is 13.2 Å². The van der Waals surface area contributed by atoms with Gasteiger partial charge in [0.1, 0.15) is 12.4 Å². The molecule has 0 bridgehead atoms. The quantitative estimate of drug-likeness (QED) is 0.759. The Morgan fingerprint density at radius 3 is 2.57 bits per heavy atom. The van der Waals surface area contributed by atoms with Crippen LogP contribution in [0.2, 0.25) is 0 Å². The van der Waals surface area contributed by atoms with Crippen molar-refractivity contribution in [3.63, 3.8) is 0 Å². The van der Waals surface area contributed by atoms with Gasteiger partial charge in [-0.05, 0) is 19.7 Å². The Balaban J connectivity index is 2.35. The molecule has 0 saturated heterocycles. The highest BCUT2D eigenvalue weighted by atomic mass is 19.4. The van der Waals surface area contributed by atoms with Crippen LogP contribution in [-0.4, -0.2) is 44.4 Å². The highest BCUT2D eigenvalue weighted by molar-refractivity contribution is 5.33. The maximum atomic E-state index is 12.1. The van der Waals surface area contributed by atoms with E-state index in [1.165, 1.54) is 0 Å². The van der Waals surface area contributed by atoms with Crippen molar-refractivity contribution in [3.8, 4) is 5.75 Å². The van der Waals surface area contributed by atoms with Gasteiger partial charge in [0.25, 0.3) is 0 Å². The van der Waals surface area contributed by atoms with Crippen molar-refractivity contribution in [2.45, 2.75) is 26.1 Å². The Kier molecular flexibility index (Phi) is 7.53. The van der Waals surface area contributed by atoms with Crippen molar-refractivity contribution in [2.24, 2.45) is 0 Å². The third-order valence-corrected chi connectivity index (χ3v) is 3.05. The van der Waals surface area contributed by atoms with E-state index in [2.05, 4.69) is 5.32 Å². The molecule has 1 N–H and O–H groups in total. The van der Waals surface area contributed by atoms with Crippen LogP contribution in [-0.2, 0) is 6.54 Å². The molecule has 0 spiro atoms. The van der Waals surface area contributed by atoms with Crippen LogP contribution in [0.3, 0.4) is 0 Å². The Hall–Kier alpha value is -1.27. The average molecular weight is 304 g/mol. The molecule has 1 rings (SSSR count). The van der Waals surface area contributed by atoms with Crippen LogP contribution >= 0.6 is 0 Å². The summed E-state index contributed by atoms with van der Waals surface area (Å²) in [5.41, 5.74) is 1.05. The van der Waals surface area contributed by atoms with E-state index in [0.29, 0.717) is 13.2 Å². The van der Waals surface area contributed by atoms with Gasteiger partial charge in [0.15, 0.2) is 0 Å². The highest BCUT2D eigenvalue weighted by Gasteiger charge is 2.26. The molecule has 1 aromatic rings. The molecule has 0 aliphatic heterocycles. The second-order valence-electron chi connectivity index (χ2n) is 4.90. The SMILES string of the molecule is CCNCc1ccccc1OCCN(C)CCC(F)(F)F. The number of nitrogens with zero attached hydrogens (tertiary/aromatic N) is 1. The summed E-state index contributed by atoms with van der Waals surface area (Å²) in [6.45, 7) is 4.44. The second kappa shape index (κ2) is 8.89. The fraction of sp³-hybridized carbons (Fsp3) is 0.600. The number of hydrogen-bond acceptors (Lipinski definition) is 3. The molecule has 21 heavy (non-hydrogen) atoms. The lowest BCUT2D eigenvalue weighted by Crippen LogP contribution is -2.28. The third-order valence-electron chi connectivity index (χ3n) is 3.05. The molecule has 0 aliphatic rings. The Bertz CT molecular complexity index is 410. The van der Waals surface area contributed by atoms with Crippen molar-refractivity contribution in [3.05, 3.63) is 29.8 Å². The van der Waals surface area contributed by atoms with Gasteiger partial charge in [0.05, 0.1) is 6.42 Å². The van der Waals surface area contributed by atoms with Gasteiger partial charge in [0, 0.05) is 25.2 Å². The molecule has 120 valence electrons. The first kappa shape index (κ1) is 17.8. The molecular weight excluding hydrogens is 281 g/mol. The first-order valence-corrected chi connectivity index (χ1v) is 7.09. The van der Waals surface area contributed by atoms with E-state index >= 15 is 0 Å². The van der Waals surface area contributed by atoms with Gasteiger partial charge in [-0.25, -0.2) is 0 Å². The Labute approximate surface area is 124 Å². The van der Waals surface area contributed by atoms with Crippen molar-refractivity contribution < 1.29 is 17.9 Å². The summed E-state index contributed by atoms with van der Waals surface area (Å²) in [4.78, 5) is 1.63. The summed E-state index contributed by atoms with van der Waals surface area (Å²) in [5, 5.41) is 3.23. The molecule has 1 aromatic carbocycles. The minimum absolute atomic E-state index is 0.00804. The van der Waals surface area contributed by atoms with Gasteiger partial charge >= 0.3 is 6.18 Å². The molecule has 0 saturated carbocycles. The van der Waals surface area contributed by atoms with E-state index in [4.69, 9.17) is 4.74 Å². The largest absolute Gasteiger partial charge is 0.492 e. The summed E-state index contributed by atoms with van der Waals surface area (Å²) in [5.74, 6) is 0.780. The minimum Gasteiger partial charge on any atom is -0.492 e. The van der Waals surface area contributed by atoms with E-state index in [1.807, 2.05) is 31.2 Å². The molecule has 0 aromatic heterocycles. The van der Waals surface area contributed by atoms with Gasteiger partial charge in [-0.1, -0.05) is 25.1 Å². The zero-order valence-electron chi connectivity index (χ0n) is 12.5. The number of benzene rings is 1. The summed E-state index contributed by atoms with van der Waals surface area (Å²) < 4.78 is 42.0. The summed E-state index contributed by atoms with van der Waals surface area (Å²) in [6, 6.07) is 7.68. The van der Waals surface area contributed by atoms with Crippen LogP contribution in [0.4, 0.5) is 13.2 Å². The van der Waals surface area contributed by atoms with Crippen molar-refractivity contribution in [2.75, 3.05) is 33.3 Å². The summed E-state index contributed by atoms with van der Waals surface area (Å²) in [6.07, 6.45) is -4.89. The van der Waals surface area contributed by atoms with E-state index in [1.54, 1.807) is 11.9 Å². The van der Waals surface area contributed by atoms with Gasteiger partial charge < -0.3 is 15.0 Å². The van der Waals surface area contributed by atoms with Gasteiger partial charge in [-0.2, -0.15) is 13.2 Å². The summed E-state index contributed by atoms with van der Waals surface area (Å²) in [7, 11) is 1.67. The lowest BCUT2D eigenvalue weighted by molar-refractivity contribution is -0.137. The minimum atomic E-state index is -4.10. The number of alkyl halides is 3. The maximum Gasteiger partial charge on any atom is 0.390 e. The zero-order valence-corrected chi connectivity index (χ0v) is 12.5. The van der Waals surface area contributed by atoms with Crippen LogP contribution in [0, 0.1) is 0 Å². The second-order valence-corrected chi connectivity index (χ2v) is 4.90. The molecule has 6 heteroatoms. The highest BCUT2D eigenvalue weighted by Crippen LogP contribution is 2.20. The molecule has 0 amide bonds. The van der Waals surface area contributed by atoms with Crippen molar-refractivity contribution in [1.82, 2.24) is 10.2 Å². The third kappa shape index (κ3) is 7.92. The number of halogens is 3. The van der Waals surface area contributed by atoms with Crippen LogP contribution in [0.15, 0.2) is 24.3 Å². The van der Waals surface area contributed by atoms with Gasteiger partial charge in [0.2, 0.25) is 0 Å². The van der Waals surface area contributed by atoms with E-state index < -0.39 is 12.6 Å². The smallest absolute Gasteiger partial charge is 0.390 e. The first-order valence-electron chi connectivity index (χ1n) is 7.09. The first-order chi connectivity index (χ1) is 9.92. The lowest BCUT2D eigenvalue weighted by Gasteiger charge is -2.18. The van der Waals surface area contributed by atoms with E-state index in [-0.39, 0.29) is 6.54 Å². The van der Waals surface area contributed by atoms with Crippen LogP contribution < -0.4 is 10.1 Å². The van der Waals surface area contributed by atoms with E-state index in [0.717, 1.165) is 24.4 Å². The molecule has 0 fully saturated rings. The van der Waals surface area contributed by atoms with Gasteiger partial charge in [-0.3, -0.25) is 0 Å². The number of para-hydroxylation sites is 1. The molecule has 0 aliphatic carbocycles. The molecule has 0 unspecified atom stereocenters. The molecule has 0 radical (unpaired) electrons. The standard InChI is InChI=1S/C15H23F3N2O/c1-3-19-12-13-6-4-5-7-14(13)21-11-10-20(2)9-8-15(16,17)18/h4-7,19H,3,8-12H2,1-2H3. The van der Waals surface area contributed by atoms with Crippen molar-refractivity contribution >= 4 is 0 Å². The molecule has 0 heterocycles. The Morgan fingerprint density at radius 2 is 1.90 bits per heavy atom. The average Bonchev–Trinajstić information content (AvgIpc) is 2.43. The topological polar surface area (TPSA) is 24.5 Å². The number of rotatable bonds is 9. The predicted molar refractivity (Wildman–Crippen MR) is 77.5 cm³/mol. The van der Waals surface area contributed by atoms with Crippen molar-refractivity contribution in [1.29, 1.82) is 0 Å². The van der Waals surface area contributed by atoms with Gasteiger partial charge in [-0.15, -0.1) is 0 Å². The van der Waals surface area contributed by atoms with Crippen LogP contribution in [0.5, 0.6) is 5.75 Å². The fourth-order valence-corrected chi connectivity index (χ4v) is 1.79. The number of hydrogen-bond donors (Lipinski definition) is 1. The molecule has 0 atom stereocenters. The van der Waals surface area contributed by atoms with Crippen LogP contribution in [0.25, 0.3) is 0 Å². The normalized spacial score (nSPS) is 11.9. The predicted octanol–water partition coefficient (Wildman–Crippen LogP) is 3.06. The molecular formula is C15H23F3N2O. The zero-order chi connectivity index (χ0) is 15.7. The fourth-order valence-electron chi connectivity index (χ4n) is 1.79. The Morgan fingerprint density at radius 1 is 1.19 bits per heavy atom. The number of ether oxygens (including phenoxy) is 1.